The second kappa shape index (κ2) is 6.72. The first-order valence-electron chi connectivity index (χ1n) is 5.21. The molecule has 0 aliphatic carbocycles. The van der Waals surface area contributed by atoms with Crippen LogP contribution in [-0.4, -0.2) is 22.7 Å². The van der Waals surface area contributed by atoms with E-state index in [-0.39, 0.29) is 6.10 Å². The Morgan fingerprint density at radius 2 is 1.92 bits per heavy atom. The molecule has 0 bridgehead atoms. The second-order valence-electron chi connectivity index (χ2n) is 4.83. The van der Waals surface area contributed by atoms with Crippen molar-refractivity contribution >= 4 is 11.8 Å². The number of thioether (sulfide) groups is 1. The molecule has 0 heterocycles. The Morgan fingerprint density at radius 1 is 1.31 bits per heavy atom. The maximum Gasteiger partial charge on any atom is 0.0630 e. The zero-order valence-corrected chi connectivity index (χ0v) is 10.3. The maximum absolute atomic E-state index is 9.62. The van der Waals surface area contributed by atoms with Crippen molar-refractivity contribution in [1.29, 1.82) is 0 Å². The van der Waals surface area contributed by atoms with Crippen molar-refractivity contribution in [2.75, 3.05) is 11.5 Å². The summed E-state index contributed by atoms with van der Waals surface area (Å²) in [6.45, 7) is 8.84. The molecule has 0 saturated carbocycles. The van der Waals surface area contributed by atoms with Crippen molar-refractivity contribution in [3.05, 3.63) is 0 Å². The first-order valence-corrected chi connectivity index (χ1v) is 6.37. The van der Waals surface area contributed by atoms with Crippen molar-refractivity contribution in [3.63, 3.8) is 0 Å². The molecule has 0 saturated heterocycles. The van der Waals surface area contributed by atoms with Gasteiger partial charge in [0.05, 0.1) is 6.10 Å². The monoisotopic (exact) mass is 204 g/mol. The molecule has 0 radical (unpaired) electrons. The molecule has 0 spiro atoms. The topological polar surface area (TPSA) is 20.2 Å². The Balaban J connectivity index is 3.35. The van der Waals surface area contributed by atoms with Crippen LogP contribution in [0.15, 0.2) is 0 Å². The van der Waals surface area contributed by atoms with E-state index in [4.69, 9.17) is 0 Å². The summed E-state index contributed by atoms with van der Waals surface area (Å²) in [5, 5.41) is 9.62. The van der Waals surface area contributed by atoms with Gasteiger partial charge in [-0.3, -0.25) is 0 Å². The molecule has 13 heavy (non-hydrogen) atoms. The lowest BCUT2D eigenvalue weighted by Gasteiger charge is -2.20. The van der Waals surface area contributed by atoms with Crippen LogP contribution in [0.1, 0.15) is 47.0 Å². The zero-order valence-electron chi connectivity index (χ0n) is 9.47. The molecule has 1 atom stereocenters. The lowest BCUT2D eigenvalue weighted by Crippen LogP contribution is -2.15. The van der Waals surface area contributed by atoms with Gasteiger partial charge in [0.2, 0.25) is 0 Å². The van der Waals surface area contributed by atoms with Crippen molar-refractivity contribution in [2.24, 2.45) is 5.41 Å². The van der Waals surface area contributed by atoms with Crippen LogP contribution in [0.3, 0.4) is 0 Å². The van der Waals surface area contributed by atoms with Crippen molar-refractivity contribution in [1.82, 2.24) is 0 Å². The quantitative estimate of drug-likeness (QED) is 0.670. The van der Waals surface area contributed by atoms with Gasteiger partial charge >= 0.3 is 0 Å². The first kappa shape index (κ1) is 13.3. The molecule has 80 valence electrons. The summed E-state index contributed by atoms with van der Waals surface area (Å²) >= 11 is 1.86. The second-order valence-corrected chi connectivity index (χ2v) is 5.98. The zero-order chi connectivity index (χ0) is 10.3. The minimum absolute atomic E-state index is 0.101. The first-order chi connectivity index (χ1) is 5.95. The van der Waals surface area contributed by atoms with Gasteiger partial charge in [-0.25, -0.2) is 0 Å². The third-order valence-electron chi connectivity index (χ3n) is 1.89. The van der Waals surface area contributed by atoms with Crippen molar-refractivity contribution < 1.29 is 5.11 Å². The Hall–Kier alpha value is 0.310. The van der Waals surface area contributed by atoms with Crippen LogP contribution in [0.2, 0.25) is 0 Å². The Labute approximate surface area is 87.3 Å². The molecule has 0 aliphatic rings. The molecule has 1 N–H and O–H groups in total. The van der Waals surface area contributed by atoms with Crippen LogP contribution in [0.25, 0.3) is 0 Å². The van der Waals surface area contributed by atoms with Gasteiger partial charge in [-0.1, -0.05) is 27.7 Å². The van der Waals surface area contributed by atoms with Gasteiger partial charge in [0.25, 0.3) is 0 Å². The van der Waals surface area contributed by atoms with Crippen LogP contribution in [0.5, 0.6) is 0 Å². The van der Waals surface area contributed by atoms with E-state index in [2.05, 4.69) is 27.7 Å². The summed E-state index contributed by atoms with van der Waals surface area (Å²) in [4.78, 5) is 0. The molecule has 2 heteroatoms. The highest BCUT2D eigenvalue weighted by molar-refractivity contribution is 7.99. The summed E-state index contributed by atoms with van der Waals surface area (Å²) in [5.41, 5.74) is 0.358. The van der Waals surface area contributed by atoms with E-state index in [1.807, 2.05) is 11.8 Å². The molecular formula is C11H24OS. The molecule has 0 aromatic carbocycles. The molecule has 0 aromatic rings. The summed E-state index contributed by atoms with van der Waals surface area (Å²) < 4.78 is 0. The van der Waals surface area contributed by atoms with Gasteiger partial charge in [0.1, 0.15) is 0 Å². The van der Waals surface area contributed by atoms with Crippen LogP contribution in [0, 0.1) is 5.41 Å². The van der Waals surface area contributed by atoms with E-state index in [0.717, 1.165) is 18.6 Å². The highest BCUT2D eigenvalue weighted by Crippen LogP contribution is 2.22. The fraction of sp³-hybridized carbons (Fsp3) is 1.00. The van der Waals surface area contributed by atoms with E-state index < -0.39 is 0 Å². The maximum atomic E-state index is 9.62. The van der Waals surface area contributed by atoms with Gasteiger partial charge in [-0.2, -0.15) is 11.8 Å². The molecule has 0 amide bonds. The number of aliphatic hydroxyl groups is 1. The molecule has 1 nitrogen and oxygen atoms in total. The third-order valence-corrected chi connectivity index (χ3v) is 3.20. The minimum atomic E-state index is -0.101. The Morgan fingerprint density at radius 3 is 2.38 bits per heavy atom. The summed E-state index contributed by atoms with van der Waals surface area (Å²) in [6.07, 6.45) is 3.16. The highest BCUT2D eigenvalue weighted by atomic mass is 32.2. The molecule has 0 aliphatic heterocycles. The van der Waals surface area contributed by atoms with Gasteiger partial charge in [-0.05, 0) is 30.4 Å². The molecule has 0 aromatic heterocycles. The van der Waals surface area contributed by atoms with Gasteiger partial charge in [-0.15, -0.1) is 0 Å². The van der Waals surface area contributed by atoms with E-state index in [9.17, 15) is 5.11 Å². The number of rotatable bonds is 6. The normalized spacial score (nSPS) is 14.5. The van der Waals surface area contributed by atoms with E-state index in [1.165, 1.54) is 12.2 Å². The van der Waals surface area contributed by atoms with Gasteiger partial charge < -0.3 is 5.11 Å². The smallest absolute Gasteiger partial charge is 0.0630 e. The van der Waals surface area contributed by atoms with Gasteiger partial charge in [0.15, 0.2) is 0 Å². The predicted molar refractivity (Wildman–Crippen MR) is 62.3 cm³/mol. The molecule has 0 rings (SSSR count). The fourth-order valence-electron chi connectivity index (χ4n) is 1.05. The Kier molecular flexibility index (Phi) is 6.88. The summed E-state index contributed by atoms with van der Waals surface area (Å²) in [5.74, 6) is 2.08. The van der Waals surface area contributed by atoms with Crippen LogP contribution in [0.4, 0.5) is 0 Å². The lowest BCUT2D eigenvalue weighted by atomic mass is 9.89. The predicted octanol–water partition coefficient (Wildman–Crippen LogP) is 3.32. The van der Waals surface area contributed by atoms with E-state index in [1.54, 1.807) is 0 Å². The SMILES string of the molecule is CCCSCC(O)CCC(C)(C)C. The van der Waals surface area contributed by atoms with Crippen LogP contribution >= 0.6 is 11.8 Å². The summed E-state index contributed by atoms with van der Waals surface area (Å²) in [7, 11) is 0. The van der Waals surface area contributed by atoms with Crippen molar-refractivity contribution in [2.45, 2.75) is 53.1 Å². The average Bonchev–Trinajstić information content (AvgIpc) is 2.00. The minimum Gasteiger partial charge on any atom is -0.392 e. The van der Waals surface area contributed by atoms with Crippen LogP contribution in [-0.2, 0) is 0 Å². The molecular weight excluding hydrogens is 180 g/mol. The largest absolute Gasteiger partial charge is 0.392 e. The molecule has 1 unspecified atom stereocenters. The average molecular weight is 204 g/mol. The van der Waals surface area contributed by atoms with Crippen LogP contribution < -0.4 is 0 Å². The van der Waals surface area contributed by atoms with E-state index in [0.29, 0.717) is 5.41 Å². The molecule has 0 fully saturated rings. The number of hydrogen-bond acceptors (Lipinski definition) is 2. The van der Waals surface area contributed by atoms with Gasteiger partial charge in [0, 0.05) is 5.75 Å². The lowest BCUT2D eigenvalue weighted by molar-refractivity contribution is 0.167. The van der Waals surface area contributed by atoms with E-state index >= 15 is 0 Å². The Bertz CT molecular complexity index is 118. The number of hydrogen-bond donors (Lipinski definition) is 1. The van der Waals surface area contributed by atoms with Crippen molar-refractivity contribution in [3.8, 4) is 0 Å². The number of aliphatic hydroxyl groups excluding tert-OH is 1. The standard InChI is InChI=1S/C11H24OS/c1-5-8-13-9-10(12)6-7-11(2,3)4/h10,12H,5-9H2,1-4H3. The highest BCUT2D eigenvalue weighted by Gasteiger charge is 2.13. The fourth-order valence-corrected chi connectivity index (χ4v) is 1.94. The third kappa shape index (κ3) is 10.2. The summed E-state index contributed by atoms with van der Waals surface area (Å²) in [6, 6.07) is 0.